The van der Waals surface area contributed by atoms with Crippen molar-refractivity contribution in [1.82, 2.24) is 9.97 Å². The van der Waals surface area contributed by atoms with Crippen molar-refractivity contribution in [2.45, 2.75) is 0 Å². The van der Waals surface area contributed by atoms with Crippen molar-refractivity contribution in [3.05, 3.63) is 90.4 Å². The summed E-state index contributed by atoms with van der Waals surface area (Å²) in [6.45, 7) is 0. The van der Waals surface area contributed by atoms with Gasteiger partial charge in [0.05, 0.1) is 11.2 Å². The van der Waals surface area contributed by atoms with Gasteiger partial charge in [0, 0.05) is 35.2 Å². The summed E-state index contributed by atoms with van der Waals surface area (Å²) in [5.41, 5.74) is 2.29. The number of nitrogens with zero attached hydrogens (tertiary/aromatic N) is 2. The van der Waals surface area contributed by atoms with Gasteiger partial charge in [-0.3, -0.25) is 14.8 Å². The molecule has 0 radical (unpaired) electrons. The van der Waals surface area contributed by atoms with Crippen LogP contribution in [-0.2, 0) is 0 Å². The lowest BCUT2D eigenvalue weighted by atomic mass is 10.2. The van der Waals surface area contributed by atoms with Crippen molar-refractivity contribution >= 4 is 33.9 Å². The minimum atomic E-state index is -0.958. The molecule has 138 valence electrons. The molecule has 1 amide bonds. The maximum absolute atomic E-state index is 13.4. The van der Waals surface area contributed by atoms with E-state index in [1.54, 1.807) is 18.3 Å². The zero-order chi connectivity index (χ0) is 19.5. The Labute approximate surface area is 159 Å². The molecule has 2 aromatic carbocycles. The van der Waals surface area contributed by atoms with Gasteiger partial charge >= 0.3 is 0 Å². The highest BCUT2D eigenvalue weighted by molar-refractivity contribution is 6.07. The molecule has 2 N–H and O–H groups in total. The van der Waals surface area contributed by atoms with Gasteiger partial charge in [0.2, 0.25) is 0 Å². The van der Waals surface area contributed by atoms with Crippen LogP contribution in [0.25, 0.3) is 10.9 Å². The number of hydrogen-bond acceptors (Lipinski definition) is 4. The number of amides is 1. The maximum Gasteiger partial charge on any atom is 0.274 e. The van der Waals surface area contributed by atoms with Crippen molar-refractivity contribution in [2.75, 3.05) is 10.6 Å². The Bertz CT molecular complexity index is 1170. The summed E-state index contributed by atoms with van der Waals surface area (Å²) in [6, 6.07) is 15.8. The number of nitrogens with one attached hydrogen (secondary N) is 2. The Morgan fingerprint density at radius 2 is 1.64 bits per heavy atom. The summed E-state index contributed by atoms with van der Waals surface area (Å²) >= 11 is 0. The van der Waals surface area contributed by atoms with Gasteiger partial charge in [-0.15, -0.1) is 0 Å². The minimum absolute atomic E-state index is 0.167. The first kappa shape index (κ1) is 17.5. The number of hydrogen-bond donors (Lipinski definition) is 2. The summed E-state index contributed by atoms with van der Waals surface area (Å²) in [4.78, 5) is 21.0. The molecular weight excluding hydrogens is 362 g/mol. The lowest BCUT2D eigenvalue weighted by Gasteiger charge is -2.10. The van der Waals surface area contributed by atoms with E-state index in [9.17, 15) is 13.6 Å². The molecular formula is C21H14F2N4O. The lowest BCUT2D eigenvalue weighted by molar-refractivity contribution is 0.102. The zero-order valence-corrected chi connectivity index (χ0v) is 14.5. The predicted octanol–water partition coefficient (Wildman–Crippen LogP) is 4.90. The van der Waals surface area contributed by atoms with E-state index in [0.717, 1.165) is 17.5 Å². The highest BCUT2D eigenvalue weighted by atomic mass is 19.2. The number of para-hydroxylation sites is 1. The van der Waals surface area contributed by atoms with Crippen molar-refractivity contribution in [3.8, 4) is 0 Å². The number of pyridine rings is 2. The van der Waals surface area contributed by atoms with Crippen LogP contribution in [0.3, 0.4) is 0 Å². The summed E-state index contributed by atoms with van der Waals surface area (Å²) in [5.74, 6) is -2.29. The summed E-state index contributed by atoms with van der Waals surface area (Å²) in [6.07, 6.45) is 3.11. The highest BCUT2D eigenvalue weighted by Gasteiger charge is 2.11. The van der Waals surface area contributed by atoms with Crippen LogP contribution in [0.1, 0.15) is 10.5 Å². The zero-order valence-electron chi connectivity index (χ0n) is 14.5. The van der Waals surface area contributed by atoms with Crippen molar-refractivity contribution < 1.29 is 13.6 Å². The Kier molecular flexibility index (Phi) is 4.63. The van der Waals surface area contributed by atoms with Crippen LogP contribution in [0.2, 0.25) is 0 Å². The van der Waals surface area contributed by atoms with E-state index in [1.165, 1.54) is 18.3 Å². The third-order valence-corrected chi connectivity index (χ3v) is 4.08. The monoisotopic (exact) mass is 376 g/mol. The molecule has 0 saturated carbocycles. The Morgan fingerprint density at radius 1 is 0.821 bits per heavy atom. The van der Waals surface area contributed by atoms with Crippen LogP contribution in [0.15, 0.2) is 73.1 Å². The maximum atomic E-state index is 13.4. The molecule has 0 saturated heterocycles. The smallest absolute Gasteiger partial charge is 0.274 e. The topological polar surface area (TPSA) is 66.9 Å². The SMILES string of the molecule is O=C(Nc1cccc2cccnc12)c1cc(Nc2ccc(F)c(F)c2)ccn1. The Hall–Kier alpha value is -3.87. The number of aromatic nitrogens is 2. The summed E-state index contributed by atoms with van der Waals surface area (Å²) < 4.78 is 26.4. The van der Waals surface area contributed by atoms with Gasteiger partial charge in [0.15, 0.2) is 11.6 Å². The van der Waals surface area contributed by atoms with E-state index in [1.807, 2.05) is 24.3 Å². The van der Waals surface area contributed by atoms with Crippen molar-refractivity contribution in [3.63, 3.8) is 0 Å². The summed E-state index contributed by atoms with van der Waals surface area (Å²) in [5, 5.41) is 6.63. The van der Waals surface area contributed by atoms with E-state index in [0.29, 0.717) is 22.6 Å². The molecule has 2 aromatic heterocycles. The molecule has 4 rings (SSSR count). The van der Waals surface area contributed by atoms with Crippen LogP contribution in [-0.4, -0.2) is 15.9 Å². The minimum Gasteiger partial charge on any atom is -0.355 e. The third-order valence-electron chi connectivity index (χ3n) is 4.08. The molecule has 7 heteroatoms. The molecule has 0 unspecified atom stereocenters. The van der Waals surface area contributed by atoms with E-state index in [2.05, 4.69) is 20.6 Å². The first-order chi connectivity index (χ1) is 13.6. The molecule has 5 nitrogen and oxygen atoms in total. The van der Waals surface area contributed by atoms with Crippen molar-refractivity contribution in [1.29, 1.82) is 0 Å². The number of benzene rings is 2. The average molecular weight is 376 g/mol. The average Bonchev–Trinajstić information content (AvgIpc) is 2.71. The molecule has 0 aliphatic heterocycles. The van der Waals surface area contributed by atoms with Crippen LogP contribution >= 0.6 is 0 Å². The fourth-order valence-corrected chi connectivity index (χ4v) is 2.76. The molecule has 4 aromatic rings. The molecule has 0 spiro atoms. The second kappa shape index (κ2) is 7.40. The van der Waals surface area contributed by atoms with Gasteiger partial charge < -0.3 is 10.6 Å². The van der Waals surface area contributed by atoms with Gasteiger partial charge in [-0.05, 0) is 36.4 Å². The van der Waals surface area contributed by atoms with Gasteiger partial charge in [0.1, 0.15) is 5.69 Å². The standard InChI is InChI=1S/C21H14F2N4O/c22-16-7-6-14(11-17(16)23)26-15-8-10-24-19(12-15)21(28)27-18-5-1-3-13-4-2-9-25-20(13)18/h1-12H,(H,24,26)(H,27,28). The van der Waals surface area contributed by atoms with Gasteiger partial charge in [-0.25, -0.2) is 8.78 Å². The molecule has 2 heterocycles. The molecule has 0 aliphatic rings. The number of carbonyl (C=O) groups is 1. The van der Waals surface area contributed by atoms with E-state index in [-0.39, 0.29) is 5.69 Å². The molecule has 28 heavy (non-hydrogen) atoms. The normalized spacial score (nSPS) is 10.6. The number of carbonyl (C=O) groups excluding carboxylic acids is 1. The van der Waals surface area contributed by atoms with Crippen LogP contribution in [0, 0.1) is 11.6 Å². The Balaban J connectivity index is 1.56. The van der Waals surface area contributed by atoms with Crippen LogP contribution in [0.5, 0.6) is 0 Å². The highest BCUT2D eigenvalue weighted by Crippen LogP contribution is 2.22. The first-order valence-corrected chi connectivity index (χ1v) is 8.43. The number of anilines is 3. The lowest BCUT2D eigenvalue weighted by Crippen LogP contribution is -2.14. The predicted molar refractivity (Wildman–Crippen MR) is 104 cm³/mol. The van der Waals surface area contributed by atoms with Crippen molar-refractivity contribution in [2.24, 2.45) is 0 Å². The largest absolute Gasteiger partial charge is 0.355 e. The molecule has 0 fully saturated rings. The van der Waals surface area contributed by atoms with Gasteiger partial charge in [-0.1, -0.05) is 18.2 Å². The van der Waals surface area contributed by atoms with E-state index in [4.69, 9.17) is 0 Å². The quantitative estimate of drug-likeness (QED) is 0.531. The first-order valence-electron chi connectivity index (χ1n) is 8.43. The fourth-order valence-electron chi connectivity index (χ4n) is 2.76. The van der Waals surface area contributed by atoms with Crippen LogP contribution in [0.4, 0.5) is 25.8 Å². The second-order valence-corrected chi connectivity index (χ2v) is 6.02. The molecule has 0 bridgehead atoms. The molecule has 0 atom stereocenters. The van der Waals surface area contributed by atoms with E-state index >= 15 is 0 Å². The number of rotatable bonds is 4. The number of fused-ring (bicyclic) bond motifs is 1. The molecule has 0 aliphatic carbocycles. The van der Waals surface area contributed by atoms with Gasteiger partial charge in [0.25, 0.3) is 5.91 Å². The van der Waals surface area contributed by atoms with Crippen LogP contribution < -0.4 is 10.6 Å². The second-order valence-electron chi connectivity index (χ2n) is 6.02. The number of halogens is 2. The third kappa shape index (κ3) is 3.64. The fraction of sp³-hybridized carbons (Fsp3) is 0. The van der Waals surface area contributed by atoms with Gasteiger partial charge in [-0.2, -0.15) is 0 Å². The Morgan fingerprint density at radius 3 is 2.50 bits per heavy atom. The summed E-state index contributed by atoms with van der Waals surface area (Å²) in [7, 11) is 0. The van der Waals surface area contributed by atoms with E-state index < -0.39 is 17.5 Å².